The highest BCUT2D eigenvalue weighted by molar-refractivity contribution is 6.14. The SMILES string of the molecule is COC(=O)C1=C(N)N(c2ccccc2)C2=C(C(=O)[C@H](C(=O)OC)[C@@H](c3ccc(OC)cc3)C2)[C@H]1c1cccnc1. The van der Waals surface area contributed by atoms with E-state index in [4.69, 9.17) is 19.9 Å². The first-order valence-electron chi connectivity index (χ1n) is 12.7. The van der Waals surface area contributed by atoms with E-state index in [9.17, 15) is 14.4 Å². The first kappa shape index (κ1) is 26.7. The van der Waals surface area contributed by atoms with Gasteiger partial charge in [-0.05, 0) is 47.9 Å². The largest absolute Gasteiger partial charge is 0.497 e. The molecule has 0 fully saturated rings. The number of esters is 2. The number of benzene rings is 2. The molecule has 204 valence electrons. The van der Waals surface area contributed by atoms with Crippen LogP contribution in [0.3, 0.4) is 0 Å². The third-order valence-corrected chi connectivity index (χ3v) is 7.48. The summed E-state index contributed by atoms with van der Waals surface area (Å²) in [5.41, 5.74) is 9.76. The first-order valence-corrected chi connectivity index (χ1v) is 12.7. The molecule has 9 heteroatoms. The Labute approximate surface area is 231 Å². The lowest BCUT2D eigenvalue weighted by Crippen LogP contribution is -2.46. The van der Waals surface area contributed by atoms with Gasteiger partial charge in [-0.15, -0.1) is 0 Å². The van der Waals surface area contributed by atoms with Crippen LogP contribution in [0.15, 0.2) is 102 Å². The third kappa shape index (κ3) is 4.49. The second-order valence-corrected chi connectivity index (χ2v) is 9.49. The molecule has 0 saturated carbocycles. The van der Waals surface area contributed by atoms with Crippen LogP contribution in [0.5, 0.6) is 5.75 Å². The van der Waals surface area contributed by atoms with Crippen LogP contribution in [0.1, 0.15) is 29.4 Å². The van der Waals surface area contributed by atoms with Crippen molar-refractivity contribution in [3.05, 3.63) is 113 Å². The number of pyridine rings is 1. The quantitative estimate of drug-likeness (QED) is 0.368. The summed E-state index contributed by atoms with van der Waals surface area (Å²) in [6.45, 7) is 0. The second kappa shape index (κ2) is 11.1. The topological polar surface area (TPSA) is 121 Å². The Hall–Kier alpha value is -4.92. The number of ether oxygens (including phenoxy) is 3. The number of para-hydroxylation sites is 1. The van der Waals surface area contributed by atoms with E-state index < -0.39 is 35.5 Å². The summed E-state index contributed by atoms with van der Waals surface area (Å²) in [6.07, 6.45) is 3.45. The number of carbonyl (C=O) groups excluding carboxylic acids is 3. The molecule has 9 nitrogen and oxygen atoms in total. The van der Waals surface area contributed by atoms with Gasteiger partial charge < -0.3 is 19.9 Å². The number of anilines is 1. The van der Waals surface area contributed by atoms with Crippen LogP contribution in [-0.2, 0) is 23.9 Å². The van der Waals surface area contributed by atoms with Crippen molar-refractivity contribution < 1.29 is 28.6 Å². The van der Waals surface area contributed by atoms with Crippen LogP contribution in [-0.4, -0.2) is 44.0 Å². The molecule has 3 atom stereocenters. The van der Waals surface area contributed by atoms with Crippen molar-refractivity contribution >= 4 is 23.4 Å². The Balaban J connectivity index is 1.79. The van der Waals surface area contributed by atoms with Gasteiger partial charge in [0, 0.05) is 35.3 Å². The summed E-state index contributed by atoms with van der Waals surface area (Å²) >= 11 is 0. The lowest BCUT2D eigenvalue weighted by atomic mass is 9.67. The normalized spacial score (nSPS) is 20.6. The van der Waals surface area contributed by atoms with Crippen molar-refractivity contribution in [1.82, 2.24) is 4.98 Å². The third-order valence-electron chi connectivity index (χ3n) is 7.48. The van der Waals surface area contributed by atoms with Gasteiger partial charge in [0.15, 0.2) is 5.78 Å². The van der Waals surface area contributed by atoms with Crippen molar-refractivity contribution in [2.75, 3.05) is 26.2 Å². The minimum Gasteiger partial charge on any atom is -0.497 e. The number of carbonyl (C=O) groups is 3. The number of allylic oxidation sites excluding steroid dienone is 2. The van der Waals surface area contributed by atoms with E-state index in [0.29, 0.717) is 22.7 Å². The van der Waals surface area contributed by atoms with Gasteiger partial charge in [0.05, 0.1) is 32.8 Å². The molecule has 3 aromatic rings. The Morgan fingerprint density at radius 2 is 1.65 bits per heavy atom. The molecule has 2 aromatic carbocycles. The van der Waals surface area contributed by atoms with Gasteiger partial charge in [-0.25, -0.2) is 4.79 Å². The van der Waals surface area contributed by atoms with Gasteiger partial charge in [0.2, 0.25) is 0 Å². The molecule has 2 aliphatic rings. The summed E-state index contributed by atoms with van der Waals surface area (Å²) in [4.78, 5) is 47.0. The van der Waals surface area contributed by atoms with E-state index in [-0.39, 0.29) is 23.4 Å². The van der Waals surface area contributed by atoms with E-state index in [1.165, 1.54) is 14.2 Å². The smallest absolute Gasteiger partial charge is 0.338 e. The van der Waals surface area contributed by atoms with E-state index in [1.54, 1.807) is 48.7 Å². The highest BCUT2D eigenvalue weighted by Crippen LogP contribution is 2.51. The number of rotatable bonds is 6. The molecule has 0 amide bonds. The molecule has 5 rings (SSSR count). The summed E-state index contributed by atoms with van der Waals surface area (Å²) in [6, 6.07) is 20.0. The predicted molar refractivity (Wildman–Crippen MR) is 147 cm³/mol. The van der Waals surface area contributed by atoms with Gasteiger partial charge in [-0.2, -0.15) is 0 Å². The Bertz CT molecular complexity index is 1500. The summed E-state index contributed by atoms with van der Waals surface area (Å²) in [5, 5.41) is 0. The van der Waals surface area contributed by atoms with Gasteiger partial charge in [0.25, 0.3) is 0 Å². The molecule has 0 radical (unpaired) electrons. The molecular weight excluding hydrogens is 510 g/mol. The van der Waals surface area contributed by atoms with Crippen molar-refractivity contribution in [1.29, 1.82) is 0 Å². The number of aromatic nitrogens is 1. The lowest BCUT2D eigenvalue weighted by Gasteiger charge is -2.44. The minimum atomic E-state index is -1.15. The van der Waals surface area contributed by atoms with Crippen molar-refractivity contribution in [2.24, 2.45) is 11.7 Å². The van der Waals surface area contributed by atoms with Crippen molar-refractivity contribution in [2.45, 2.75) is 18.3 Å². The molecule has 0 spiro atoms. The fourth-order valence-electron chi connectivity index (χ4n) is 5.65. The number of ketones is 1. The number of Topliss-reactive ketones (excluding diaryl/α,β-unsaturated/α-hetero) is 1. The molecule has 0 bridgehead atoms. The Morgan fingerprint density at radius 1 is 0.925 bits per heavy atom. The molecule has 1 aliphatic heterocycles. The molecule has 40 heavy (non-hydrogen) atoms. The highest BCUT2D eigenvalue weighted by Gasteiger charge is 2.51. The maximum Gasteiger partial charge on any atom is 0.338 e. The van der Waals surface area contributed by atoms with E-state index >= 15 is 0 Å². The molecule has 0 saturated heterocycles. The maximum absolute atomic E-state index is 14.5. The monoisotopic (exact) mass is 539 g/mol. The van der Waals surface area contributed by atoms with Gasteiger partial charge in [-0.3, -0.25) is 19.5 Å². The predicted octanol–water partition coefficient (Wildman–Crippen LogP) is 3.84. The summed E-state index contributed by atoms with van der Waals surface area (Å²) in [5.74, 6) is -3.59. The van der Waals surface area contributed by atoms with Crippen molar-refractivity contribution in [3.63, 3.8) is 0 Å². The van der Waals surface area contributed by atoms with Crippen LogP contribution < -0.4 is 15.4 Å². The summed E-state index contributed by atoms with van der Waals surface area (Å²) in [7, 11) is 4.09. The van der Waals surface area contributed by atoms with Crippen LogP contribution in [0.2, 0.25) is 0 Å². The summed E-state index contributed by atoms with van der Waals surface area (Å²) < 4.78 is 15.6. The molecule has 2 heterocycles. The molecule has 1 aliphatic carbocycles. The van der Waals surface area contributed by atoms with E-state index in [0.717, 1.165) is 5.56 Å². The van der Waals surface area contributed by atoms with E-state index in [1.807, 2.05) is 42.5 Å². The standard InChI is InChI=1S/C31H29N3O6/c1-38-21-13-11-18(12-14-21)22-16-23-26(28(35)25(22)30(36)39-2)24(19-8-7-15-33-17-19)27(31(37)40-3)29(32)34(23)20-9-5-4-6-10-20/h4-15,17,22,24-25H,16,32H2,1-3H3/t22-,24-,25-/m1/s1. The first-order chi connectivity index (χ1) is 19.4. The number of nitrogens with zero attached hydrogens (tertiary/aromatic N) is 2. The molecule has 1 aromatic heterocycles. The van der Waals surface area contributed by atoms with E-state index in [2.05, 4.69) is 4.98 Å². The Morgan fingerprint density at radius 3 is 2.25 bits per heavy atom. The zero-order valence-electron chi connectivity index (χ0n) is 22.4. The van der Waals surface area contributed by atoms with Crippen molar-refractivity contribution in [3.8, 4) is 5.75 Å². The maximum atomic E-state index is 14.5. The van der Waals surface area contributed by atoms with Crippen LogP contribution in [0.4, 0.5) is 5.69 Å². The highest BCUT2D eigenvalue weighted by atomic mass is 16.5. The fraction of sp³-hybridized carbons (Fsp3) is 0.226. The molecular formula is C31H29N3O6. The number of hydrogen-bond acceptors (Lipinski definition) is 9. The Kier molecular flexibility index (Phi) is 7.37. The average molecular weight is 540 g/mol. The zero-order valence-corrected chi connectivity index (χ0v) is 22.4. The number of methoxy groups -OCH3 is 3. The lowest BCUT2D eigenvalue weighted by molar-refractivity contribution is -0.150. The fourth-order valence-corrected chi connectivity index (χ4v) is 5.65. The molecule has 2 N–H and O–H groups in total. The van der Waals surface area contributed by atoms with Crippen LogP contribution in [0, 0.1) is 5.92 Å². The van der Waals surface area contributed by atoms with Gasteiger partial charge in [-0.1, -0.05) is 36.4 Å². The van der Waals surface area contributed by atoms with Gasteiger partial charge >= 0.3 is 11.9 Å². The molecule has 0 unspecified atom stereocenters. The zero-order chi connectivity index (χ0) is 28.4. The minimum absolute atomic E-state index is 0.0953. The van der Waals surface area contributed by atoms with Crippen LogP contribution >= 0.6 is 0 Å². The number of nitrogens with two attached hydrogens (primary N) is 1. The number of hydrogen-bond donors (Lipinski definition) is 1. The average Bonchev–Trinajstić information content (AvgIpc) is 3.00. The van der Waals surface area contributed by atoms with Crippen LogP contribution in [0.25, 0.3) is 0 Å². The second-order valence-electron chi connectivity index (χ2n) is 9.49. The van der Waals surface area contributed by atoms with Gasteiger partial charge in [0.1, 0.15) is 17.5 Å².